The summed E-state index contributed by atoms with van der Waals surface area (Å²) in [7, 11) is -0.463. The minimum Gasteiger partial charge on any atom is -0.399 e. The van der Waals surface area contributed by atoms with Crippen LogP contribution in [-0.4, -0.2) is 18.3 Å². The molecule has 0 atom stereocenters. The van der Waals surface area contributed by atoms with E-state index in [1.165, 1.54) is 12.1 Å². The lowest BCUT2D eigenvalue weighted by molar-refractivity contribution is 0.00578. The Morgan fingerprint density at radius 1 is 1.12 bits per heavy atom. The molecule has 1 aliphatic heterocycles. The van der Waals surface area contributed by atoms with Crippen molar-refractivity contribution in [3.05, 3.63) is 28.5 Å². The Hall–Kier alpha value is -0.385. The Kier molecular flexibility index (Phi) is 3.13. The van der Waals surface area contributed by atoms with E-state index in [4.69, 9.17) is 9.31 Å². The summed E-state index contributed by atoms with van der Waals surface area (Å²) in [5, 5.41) is 0. The van der Waals surface area contributed by atoms with Crippen molar-refractivity contribution in [2.75, 3.05) is 0 Å². The second-order valence-electron chi connectivity index (χ2n) is 5.25. The summed E-state index contributed by atoms with van der Waals surface area (Å²) in [4.78, 5) is 0. The monoisotopic (exact) mass is 300 g/mol. The van der Waals surface area contributed by atoms with Crippen molar-refractivity contribution in [3.63, 3.8) is 0 Å². The molecule has 1 fully saturated rings. The molecule has 0 bridgehead atoms. The average molecular weight is 301 g/mol. The molecule has 2 nitrogen and oxygen atoms in total. The standard InChI is InChI=1S/C12H15BBrFO2/c1-11(2)12(3,4)17-13(16-11)9-6-5-8(15)7-10(9)14/h5-7H,1-4H3. The molecule has 0 aliphatic carbocycles. The van der Waals surface area contributed by atoms with Crippen LogP contribution in [-0.2, 0) is 9.31 Å². The van der Waals surface area contributed by atoms with Crippen LogP contribution in [0.3, 0.4) is 0 Å². The molecular formula is C12H15BBrFO2. The van der Waals surface area contributed by atoms with Gasteiger partial charge in [0.2, 0.25) is 0 Å². The minimum atomic E-state index is -0.463. The highest BCUT2D eigenvalue weighted by Crippen LogP contribution is 2.36. The van der Waals surface area contributed by atoms with E-state index >= 15 is 0 Å². The number of rotatable bonds is 1. The normalized spacial score (nSPS) is 21.9. The van der Waals surface area contributed by atoms with Gasteiger partial charge in [0.1, 0.15) is 5.82 Å². The van der Waals surface area contributed by atoms with Gasteiger partial charge < -0.3 is 9.31 Å². The zero-order valence-corrected chi connectivity index (χ0v) is 12.0. The number of halogens is 2. The Morgan fingerprint density at radius 2 is 1.65 bits per heavy atom. The Bertz CT molecular complexity index is 432. The van der Waals surface area contributed by atoms with Gasteiger partial charge in [-0.15, -0.1) is 0 Å². The fourth-order valence-electron chi connectivity index (χ4n) is 1.66. The summed E-state index contributed by atoms with van der Waals surface area (Å²) >= 11 is 3.33. The number of benzene rings is 1. The van der Waals surface area contributed by atoms with E-state index < -0.39 is 7.12 Å². The topological polar surface area (TPSA) is 18.5 Å². The first kappa shape index (κ1) is 13.1. The number of hydrogen-bond donors (Lipinski definition) is 0. The van der Waals surface area contributed by atoms with Gasteiger partial charge in [0.25, 0.3) is 0 Å². The van der Waals surface area contributed by atoms with Gasteiger partial charge >= 0.3 is 7.12 Å². The van der Waals surface area contributed by atoms with Crippen LogP contribution in [0.2, 0.25) is 0 Å². The predicted octanol–water partition coefficient (Wildman–Crippen LogP) is 2.89. The summed E-state index contributed by atoms with van der Waals surface area (Å²) in [5.41, 5.74) is 0.0434. The molecule has 0 spiro atoms. The molecule has 2 rings (SSSR count). The molecule has 0 aromatic heterocycles. The van der Waals surface area contributed by atoms with Gasteiger partial charge in [-0.25, -0.2) is 4.39 Å². The van der Waals surface area contributed by atoms with E-state index in [0.717, 1.165) is 5.46 Å². The maximum atomic E-state index is 13.0. The molecule has 0 unspecified atom stereocenters. The third kappa shape index (κ3) is 2.28. The largest absolute Gasteiger partial charge is 0.495 e. The SMILES string of the molecule is CC1(C)OB(c2ccc(F)cc2Br)OC1(C)C. The third-order valence-corrected chi connectivity index (χ3v) is 4.16. The summed E-state index contributed by atoms with van der Waals surface area (Å²) in [6.45, 7) is 7.96. The maximum absolute atomic E-state index is 13.0. The zero-order chi connectivity index (χ0) is 12.8. The maximum Gasteiger partial charge on any atom is 0.495 e. The first-order valence-electron chi connectivity index (χ1n) is 5.53. The van der Waals surface area contributed by atoms with Crippen molar-refractivity contribution >= 4 is 28.5 Å². The second kappa shape index (κ2) is 4.07. The van der Waals surface area contributed by atoms with Gasteiger partial charge in [-0.05, 0) is 45.3 Å². The highest BCUT2D eigenvalue weighted by atomic mass is 79.9. The van der Waals surface area contributed by atoms with E-state index in [1.54, 1.807) is 6.07 Å². The van der Waals surface area contributed by atoms with Gasteiger partial charge in [-0.1, -0.05) is 22.0 Å². The fourth-order valence-corrected chi connectivity index (χ4v) is 2.20. The van der Waals surface area contributed by atoms with Gasteiger partial charge in [-0.3, -0.25) is 0 Å². The van der Waals surface area contributed by atoms with Gasteiger partial charge in [0.05, 0.1) is 11.2 Å². The molecular weight excluding hydrogens is 286 g/mol. The summed E-state index contributed by atoms with van der Waals surface area (Å²) < 4.78 is 25.5. The second-order valence-corrected chi connectivity index (χ2v) is 6.11. The van der Waals surface area contributed by atoms with E-state index in [9.17, 15) is 4.39 Å². The van der Waals surface area contributed by atoms with Crippen LogP contribution in [0, 0.1) is 5.82 Å². The molecule has 1 saturated heterocycles. The van der Waals surface area contributed by atoms with Crippen molar-refractivity contribution in [1.82, 2.24) is 0 Å². The van der Waals surface area contributed by atoms with Crippen molar-refractivity contribution in [2.45, 2.75) is 38.9 Å². The van der Waals surface area contributed by atoms with E-state index in [2.05, 4.69) is 15.9 Å². The average Bonchev–Trinajstić information content (AvgIpc) is 2.35. The summed E-state index contributed by atoms with van der Waals surface area (Å²) in [5.74, 6) is -0.280. The lowest BCUT2D eigenvalue weighted by atomic mass is 9.79. The molecule has 17 heavy (non-hydrogen) atoms. The molecule has 1 aromatic rings. The van der Waals surface area contributed by atoms with Crippen molar-refractivity contribution < 1.29 is 13.7 Å². The predicted molar refractivity (Wildman–Crippen MR) is 69.8 cm³/mol. The summed E-state index contributed by atoms with van der Waals surface area (Å²) in [6, 6.07) is 4.51. The third-order valence-electron chi connectivity index (χ3n) is 3.47. The van der Waals surface area contributed by atoms with Crippen LogP contribution in [0.15, 0.2) is 22.7 Å². The summed E-state index contributed by atoms with van der Waals surface area (Å²) in [6.07, 6.45) is 0. The highest BCUT2D eigenvalue weighted by Gasteiger charge is 2.52. The van der Waals surface area contributed by atoms with Crippen LogP contribution >= 0.6 is 15.9 Å². The first-order chi connectivity index (χ1) is 7.73. The van der Waals surface area contributed by atoms with Crippen molar-refractivity contribution in [3.8, 4) is 0 Å². The van der Waals surface area contributed by atoms with Crippen LogP contribution < -0.4 is 5.46 Å². The molecule has 1 aliphatic rings. The molecule has 0 radical (unpaired) electrons. The van der Waals surface area contributed by atoms with Gasteiger partial charge in [-0.2, -0.15) is 0 Å². The van der Waals surface area contributed by atoms with Crippen molar-refractivity contribution in [1.29, 1.82) is 0 Å². The Balaban J connectivity index is 2.32. The minimum absolute atomic E-state index is 0.280. The van der Waals surface area contributed by atoms with E-state index in [-0.39, 0.29) is 17.0 Å². The van der Waals surface area contributed by atoms with Crippen LogP contribution in [0.25, 0.3) is 0 Å². The molecule has 5 heteroatoms. The lowest BCUT2D eigenvalue weighted by Crippen LogP contribution is -2.41. The first-order valence-corrected chi connectivity index (χ1v) is 6.33. The van der Waals surface area contributed by atoms with Gasteiger partial charge in [0, 0.05) is 4.47 Å². The van der Waals surface area contributed by atoms with Gasteiger partial charge in [0.15, 0.2) is 0 Å². The van der Waals surface area contributed by atoms with E-state index in [0.29, 0.717) is 4.47 Å². The van der Waals surface area contributed by atoms with Crippen LogP contribution in [0.1, 0.15) is 27.7 Å². The van der Waals surface area contributed by atoms with Crippen molar-refractivity contribution in [2.24, 2.45) is 0 Å². The zero-order valence-electron chi connectivity index (χ0n) is 10.4. The molecule has 0 saturated carbocycles. The lowest BCUT2D eigenvalue weighted by Gasteiger charge is -2.32. The number of hydrogen-bond acceptors (Lipinski definition) is 2. The molecule has 0 N–H and O–H groups in total. The Labute approximate surface area is 110 Å². The van der Waals surface area contributed by atoms with Crippen LogP contribution in [0.5, 0.6) is 0 Å². The quantitative estimate of drug-likeness (QED) is 0.743. The molecule has 1 aromatic carbocycles. The Morgan fingerprint density at radius 3 is 2.12 bits per heavy atom. The molecule has 92 valence electrons. The fraction of sp³-hybridized carbons (Fsp3) is 0.500. The molecule has 1 heterocycles. The highest BCUT2D eigenvalue weighted by molar-refractivity contribution is 9.10. The molecule has 0 amide bonds. The van der Waals surface area contributed by atoms with E-state index in [1.807, 2.05) is 27.7 Å². The smallest absolute Gasteiger partial charge is 0.399 e. The van der Waals surface area contributed by atoms with Crippen LogP contribution in [0.4, 0.5) is 4.39 Å².